The van der Waals surface area contributed by atoms with E-state index in [0.717, 1.165) is 12.8 Å². The fraction of sp³-hybridized carbons (Fsp3) is 0.438. The van der Waals surface area contributed by atoms with Crippen LogP contribution in [0.3, 0.4) is 0 Å². The van der Waals surface area contributed by atoms with Crippen molar-refractivity contribution in [2.24, 2.45) is 5.92 Å². The van der Waals surface area contributed by atoms with E-state index in [0.29, 0.717) is 6.61 Å². The number of hydrogen-bond donors (Lipinski definition) is 0. The van der Waals surface area contributed by atoms with Gasteiger partial charge in [0.05, 0.1) is 12.7 Å². The van der Waals surface area contributed by atoms with E-state index in [1.165, 1.54) is 11.6 Å². The van der Waals surface area contributed by atoms with Crippen molar-refractivity contribution in [1.29, 1.82) is 0 Å². The van der Waals surface area contributed by atoms with Crippen LogP contribution in [0.15, 0.2) is 43.0 Å². The molecular weight excluding hydrogens is 256 g/mol. The van der Waals surface area contributed by atoms with Crippen molar-refractivity contribution in [3.8, 4) is 0 Å². The van der Waals surface area contributed by atoms with Crippen LogP contribution in [0.5, 0.6) is 0 Å². The fourth-order valence-corrected chi connectivity index (χ4v) is 2.91. The number of hydrogen-bond acceptors (Lipinski definition) is 4. The van der Waals surface area contributed by atoms with Gasteiger partial charge < -0.3 is 14.2 Å². The molecule has 2 aliphatic rings. The van der Waals surface area contributed by atoms with Gasteiger partial charge in [0.25, 0.3) is 0 Å². The van der Waals surface area contributed by atoms with Crippen LogP contribution in [0.1, 0.15) is 12.0 Å². The largest absolute Gasteiger partial charge is 0.453 e. The number of carbonyl (C=O) groups is 1. The van der Waals surface area contributed by atoms with E-state index in [9.17, 15) is 4.79 Å². The first-order valence-electron chi connectivity index (χ1n) is 6.90. The first kappa shape index (κ1) is 13.3. The van der Waals surface area contributed by atoms with Crippen LogP contribution in [0.2, 0.25) is 0 Å². The number of esters is 1. The Balaban J connectivity index is 1.75. The molecule has 0 unspecified atom stereocenters. The van der Waals surface area contributed by atoms with Gasteiger partial charge in [-0.25, -0.2) is 4.79 Å². The van der Waals surface area contributed by atoms with Gasteiger partial charge in [0.2, 0.25) is 0 Å². The molecule has 1 aromatic rings. The highest BCUT2D eigenvalue weighted by atomic mass is 16.7. The van der Waals surface area contributed by atoms with Crippen molar-refractivity contribution in [2.75, 3.05) is 6.61 Å². The normalized spacial score (nSPS) is 31.8. The summed E-state index contributed by atoms with van der Waals surface area (Å²) in [6, 6.07) is 10.2. The lowest BCUT2D eigenvalue weighted by Gasteiger charge is -2.34. The van der Waals surface area contributed by atoms with Crippen LogP contribution in [0.4, 0.5) is 0 Å². The van der Waals surface area contributed by atoms with Crippen LogP contribution in [0, 0.1) is 5.92 Å². The molecule has 0 saturated carbocycles. The molecule has 0 spiro atoms. The van der Waals surface area contributed by atoms with Gasteiger partial charge in [-0.3, -0.25) is 0 Å². The number of rotatable bonds is 4. The third-order valence-corrected chi connectivity index (χ3v) is 3.83. The Morgan fingerprint density at radius 2 is 2.20 bits per heavy atom. The summed E-state index contributed by atoms with van der Waals surface area (Å²) >= 11 is 0. The monoisotopic (exact) mass is 274 g/mol. The molecule has 0 amide bonds. The van der Waals surface area contributed by atoms with Crippen molar-refractivity contribution in [3.05, 3.63) is 48.6 Å². The number of benzene rings is 1. The minimum absolute atomic E-state index is 0.118. The van der Waals surface area contributed by atoms with Gasteiger partial charge in [0, 0.05) is 12.0 Å². The molecule has 2 aliphatic heterocycles. The summed E-state index contributed by atoms with van der Waals surface area (Å²) in [5.74, 6) is -0.210. The Morgan fingerprint density at radius 3 is 2.95 bits per heavy atom. The second-order valence-corrected chi connectivity index (χ2v) is 5.25. The minimum Gasteiger partial charge on any atom is -0.453 e. The van der Waals surface area contributed by atoms with Crippen molar-refractivity contribution in [2.45, 2.75) is 31.3 Å². The SMILES string of the molecule is C=CC(=O)O[C@H]1[C@@H](Cc2ccccc2)C[C@H]2CO[C@@H]1O2. The molecule has 4 nitrogen and oxygen atoms in total. The summed E-state index contributed by atoms with van der Waals surface area (Å²) in [6.45, 7) is 4.02. The smallest absolute Gasteiger partial charge is 0.330 e. The summed E-state index contributed by atoms with van der Waals surface area (Å²) in [7, 11) is 0. The molecule has 4 atom stereocenters. The van der Waals surface area contributed by atoms with Crippen LogP contribution in [0.25, 0.3) is 0 Å². The molecule has 0 aromatic heterocycles. The van der Waals surface area contributed by atoms with Gasteiger partial charge in [-0.1, -0.05) is 36.9 Å². The van der Waals surface area contributed by atoms with E-state index in [-0.39, 0.29) is 18.1 Å². The van der Waals surface area contributed by atoms with E-state index in [1.54, 1.807) is 0 Å². The maximum absolute atomic E-state index is 11.5. The molecule has 4 heteroatoms. The molecule has 2 bridgehead atoms. The third-order valence-electron chi connectivity index (χ3n) is 3.83. The zero-order chi connectivity index (χ0) is 13.9. The molecule has 2 heterocycles. The van der Waals surface area contributed by atoms with Crippen molar-refractivity contribution < 1.29 is 19.0 Å². The second-order valence-electron chi connectivity index (χ2n) is 5.25. The van der Waals surface area contributed by atoms with Crippen LogP contribution >= 0.6 is 0 Å². The molecule has 20 heavy (non-hydrogen) atoms. The van der Waals surface area contributed by atoms with E-state index >= 15 is 0 Å². The summed E-state index contributed by atoms with van der Waals surface area (Å²) in [4.78, 5) is 11.5. The van der Waals surface area contributed by atoms with Crippen LogP contribution < -0.4 is 0 Å². The minimum atomic E-state index is -0.439. The predicted molar refractivity (Wildman–Crippen MR) is 72.9 cm³/mol. The summed E-state index contributed by atoms with van der Waals surface area (Å²) < 4.78 is 16.7. The molecule has 0 aliphatic carbocycles. The highest BCUT2D eigenvalue weighted by Crippen LogP contribution is 2.35. The van der Waals surface area contributed by atoms with E-state index in [2.05, 4.69) is 18.7 Å². The van der Waals surface area contributed by atoms with E-state index in [4.69, 9.17) is 14.2 Å². The van der Waals surface area contributed by atoms with Gasteiger partial charge in [0.1, 0.15) is 0 Å². The molecule has 2 fully saturated rings. The molecular formula is C16H18O4. The topological polar surface area (TPSA) is 44.8 Å². The molecule has 0 radical (unpaired) electrons. The average Bonchev–Trinajstić information content (AvgIpc) is 2.87. The lowest BCUT2D eigenvalue weighted by Crippen LogP contribution is -2.44. The van der Waals surface area contributed by atoms with Gasteiger partial charge >= 0.3 is 5.97 Å². The van der Waals surface area contributed by atoms with Gasteiger partial charge in [-0.2, -0.15) is 0 Å². The maximum Gasteiger partial charge on any atom is 0.330 e. The first-order chi connectivity index (χ1) is 9.76. The fourth-order valence-electron chi connectivity index (χ4n) is 2.91. The first-order valence-corrected chi connectivity index (χ1v) is 6.90. The van der Waals surface area contributed by atoms with Gasteiger partial charge in [-0.05, 0) is 18.4 Å². The Hall–Kier alpha value is -1.65. The summed E-state index contributed by atoms with van der Waals surface area (Å²) in [6.07, 6.45) is 2.20. The molecule has 2 saturated heterocycles. The summed E-state index contributed by atoms with van der Waals surface area (Å²) in [5.41, 5.74) is 1.23. The van der Waals surface area contributed by atoms with Gasteiger partial charge in [0.15, 0.2) is 12.4 Å². The zero-order valence-corrected chi connectivity index (χ0v) is 11.2. The Morgan fingerprint density at radius 1 is 1.40 bits per heavy atom. The standard InChI is InChI=1S/C16H18O4/c1-2-14(17)20-15-12(8-11-6-4-3-5-7-11)9-13-10-18-16(15)19-13/h2-7,12-13,15-16H,1,8-10H2/t12-,13-,15-,16+/m0/s1. The van der Waals surface area contributed by atoms with Crippen molar-refractivity contribution in [1.82, 2.24) is 0 Å². The lowest BCUT2D eigenvalue weighted by atomic mass is 9.87. The predicted octanol–water partition coefficient (Wildman–Crippen LogP) is 2.09. The molecule has 106 valence electrons. The third kappa shape index (κ3) is 2.76. The van der Waals surface area contributed by atoms with Gasteiger partial charge in [-0.15, -0.1) is 0 Å². The highest BCUT2D eigenvalue weighted by Gasteiger charge is 2.46. The quantitative estimate of drug-likeness (QED) is 0.623. The van der Waals surface area contributed by atoms with E-state index in [1.807, 2.05) is 18.2 Å². The Bertz CT molecular complexity index is 485. The number of fused-ring (bicyclic) bond motifs is 2. The number of carbonyl (C=O) groups excluding carboxylic acids is 1. The molecule has 3 rings (SSSR count). The van der Waals surface area contributed by atoms with Crippen LogP contribution in [-0.4, -0.2) is 31.1 Å². The van der Waals surface area contributed by atoms with Crippen LogP contribution in [-0.2, 0) is 25.4 Å². The molecule has 1 aromatic carbocycles. The number of ether oxygens (including phenoxy) is 3. The second kappa shape index (κ2) is 5.77. The lowest BCUT2D eigenvalue weighted by molar-refractivity contribution is -0.198. The Kier molecular flexibility index (Phi) is 3.85. The maximum atomic E-state index is 11.5. The summed E-state index contributed by atoms with van der Waals surface area (Å²) in [5, 5.41) is 0. The van der Waals surface area contributed by atoms with E-state index < -0.39 is 12.3 Å². The highest BCUT2D eigenvalue weighted by molar-refractivity contribution is 5.81. The zero-order valence-electron chi connectivity index (χ0n) is 11.2. The average molecular weight is 274 g/mol. The van der Waals surface area contributed by atoms with Crippen molar-refractivity contribution in [3.63, 3.8) is 0 Å². The Labute approximate surface area is 118 Å². The molecule has 0 N–H and O–H groups in total. The van der Waals surface area contributed by atoms with Crippen molar-refractivity contribution >= 4 is 5.97 Å².